The van der Waals surface area contributed by atoms with Gasteiger partial charge in [0, 0.05) is 17.4 Å². The van der Waals surface area contributed by atoms with Crippen molar-refractivity contribution in [2.45, 2.75) is 20.4 Å². The summed E-state index contributed by atoms with van der Waals surface area (Å²) in [7, 11) is 0. The molecule has 10 heteroatoms. The Kier molecular flexibility index (Phi) is 5.20. The Morgan fingerprint density at radius 1 is 1.06 bits per heavy atom. The van der Waals surface area contributed by atoms with Crippen LogP contribution in [0.25, 0.3) is 5.65 Å². The Hall–Kier alpha value is -4.08. The van der Waals surface area contributed by atoms with Gasteiger partial charge in [-0.2, -0.15) is 0 Å². The fourth-order valence-corrected chi connectivity index (χ4v) is 3.08. The molecule has 0 saturated heterocycles. The molecule has 31 heavy (non-hydrogen) atoms. The molecule has 158 valence electrons. The molecular weight excluding hydrogens is 406 g/mol. The Morgan fingerprint density at radius 3 is 2.58 bits per heavy atom. The van der Waals surface area contributed by atoms with Crippen LogP contribution in [-0.2, 0) is 11.3 Å². The second-order valence-electron chi connectivity index (χ2n) is 6.97. The van der Waals surface area contributed by atoms with E-state index in [0.29, 0.717) is 16.9 Å². The third kappa shape index (κ3) is 4.13. The number of carbonyl (C=O) groups is 1. The number of nitrogens with zero attached hydrogens (tertiary/aromatic N) is 4. The van der Waals surface area contributed by atoms with Crippen molar-refractivity contribution in [1.29, 1.82) is 0 Å². The van der Waals surface area contributed by atoms with Gasteiger partial charge in [0.1, 0.15) is 18.2 Å². The molecule has 2 heterocycles. The lowest BCUT2D eigenvalue weighted by Crippen LogP contribution is -2.29. The predicted octanol–water partition coefficient (Wildman–Crippen LogP) is 3.17. The van der Waals surface area contributed by atoms with Gasteiger partial charge in [-0.3, -0.25) is 4.79 Å². The van der Waals surface area contributed by atoms with Gasteiger partial charge in [-0.1, -0.05) is 12.1 Å². The summed E-state index contributed by atoms with van der Waals surface area (Å²) in [5.41, 5.74) is 1.24. The largest absolute Gasteiger partial charge is 0.353 e. The molecule has 0 atom stereocenters. The minimum Gasteiger partial charge on any atom is -0.325 e. The lowest BCUT2D eigenvalue weighted by Gasteiger charge is -2.09. The first kappa shape index (κ1) is 20.2. The highest BCUT2D eigenvalue weighted by Gasteiger charge is 2.16. The molecule has 2 aromatic heterocycles. The number of halogens is 2. The Bertz CT molecular complexity index is 1360. The van der Waals surface area contributed by atoms with Crippen molar-refractivity contribution in [3.05, 3.63) is 81.9 Å². The van der Waals surface area contributed by atoms with Crippen LogP contribution >= 0.6 is 0 Å². The number of hydrogen-bond donors (Lipinski definition) is 2. The van der Waals surface area contributed by atoms with Gasteiger partial charge in [0.25, 0.3) is 0 Å². The summed E-state index contributed by atoms with van der Waals surface area (Å²) in [4.78, 5) is 29.6. The van der Waals surface area contributed by atoms with Crippen molar-refractivity contribution >= 4 is 28.9 Å². The second-order valence-corrected chi connectivity index (χ2v) is 6.97. The number of para-hydroxylation sites is 1. The molecule has 2 aromatic carbocycles. The summed E-state index contributed by atoms with van der Waals surface area (Å²) in [6.45, 7) is 2.94. The highest BCUT2D eigenvalue weighted by atomic mass is 19.1. The van der Waals surface area contributed by atoms with Gasteiger partial charge in [0.15, 0.2) is 5.65 Å². The van der Waals surface area contributed by atoms with Crippen molar-refractivity contribution in [3.8, 4) is 0 Å². The quantitative estimate of drug-likeness (QED) is 0.513. The average Bonchev–Trinajstić information content (AvgIpc) is 3.01. The van der Waals surface area contributed by atoms with Crippen LogP contribution < -0.4 is 16.3 Å². The molecule has 0 unspecified atom stereocenters. The number of fused-ring (bicyclic) bond motifs is 1. The maximum absolute atomic E-state index is 13.8. The van der Waals surface area contributed by atoms with E-state index < -0.39 is 24.0 Å². The van der Waals surface area contributed by atoms with E-state index in [1.54, 1.807) is 32.0 Å². The molecule has 0 fully saturated rings. The van der Waals surface area contributed by atoms with Gasteiger partial charge in [0.2, 0.25) is 11.9 Å². The van der Waals surface area contributed by atoms with E-state index in [-0.39, 0.29) is 23.1 Å². The summed E-state index contributed by atoms with van der Waals surface area (Å²) in [5.74, 6) is -1.37. The Balaban J connectivity index is 1.66. The zero-order valence-electron chi connectivity index (χ0n) is 16.7. The molecule has 0 aliphatic carbocycles. The van der Waals surface area contributed by atoms with Crippen molar-refractivity contribution in [2.24, 2.45) is 0 Å². The van der Waals surface area contributed by atoms with Crippen LogP contribution in [0.1, 0.15) is 11.3 Å². The van der Waals surface area contributed by atoms with Crippen molar-refractivity contribution < 1.29 is 13.6 Å². The number of amides is 1. The molecule has 0 aliphatic rings. The Labute approximate surface area is 175 Å². The first-order valence-electron chi connectivity index (χ1n) is 9.36. The molecule has 8 nitrogen and oxygen atoms in total. The first-order chi connectivity index (χ1) is 14.8. The first-order valence-corrected chi connectivity index (χ1v) is 9.36. The van der Waals surface area contributed by atoms with Gasteiger partial charge in [-0.25, -0.2) is 27.6 Å². The fraction of sp³-hybridized carbons (Fsp3) is 0.143. The summed E-state index contributed by atoms with van der Waals surface area (Å²) in [5, 5.41) is 9.59. The smallest absolute Gasteiger partial charge is 0.325 e. The van der Waals surface area contributed by atoms with E-state index >= 15 is 0 Å². The number of anilines is 3. The summed E-state index contributed by atoms with van der Waals surface area (Å²) in [6.07, 6.45) is 0. The van der Waals surface area contributed by atoms with Crippen LogP contribution in [0.5, 0.6) is 0 Å². The zero-order valence-corrected chi connectivity index (χ0v) is 16.7. The van der Waals surface area contributed by atoms with Crippen LogP contribution in [-0.4, -0.2) is 25.1 Å². The van der Waals surface area contributed by atoms with E-state index in [4.69, 9.17) is 0 Å². The Morgan fingerprint density at radius 2 is 1.84 bits per heavy atom. The van der Waals surface area contributed by atoms with Crippen LogP contribution in [0.4, 0.5) is 26.1 Å². The SMILES string of the molecule is Cc1cc2nn(CC(=O)Nc3ccccc3F)c(=O)n2c(Nc2ccc(F)c(C)c2)n1. The fourth-order valence-electron chi connectivity index (χ4n) is 3.08. The van der Waals surface area contributed by atoms with Gasteiger partial charge >= 0.3 is 5.69 Å². The predicted molar refractivity (Wildman–Crippen MR) is 111 cm³/mol. The van der Waals surface area contributed by atoms with Gasteiger partial charge in [-0.15, -0.1) is 5.10 Å². The van der Waals surface area contributed by atoms with E-state index in [2.05, 4.69) is 20.7 Å². The monoisotopic (exact) mass is 424 g/mol. The minimum atomic E-state index is -0.607. The average molecular weight is 424 g/mol. The lowest BCUT2D eigenvalue weighted by molar-refractivity contribution is -0.117. The second kappa shape index (κ2) is 7.98. The van der Waals surface area contributed by atoms with E-state index in [9.17, 15) is 18.4 Å². The molecule has 1 amide bonds. The third-order valence-corrected chi connectivity index (χ3v) is 4.55. The summed E-state index contributed by atoms with van der Waals surface area (Å²) in [6, 6.07) is 11.7. The molecule has 0 bridgehead atoms. The van der Waals surface area contributed by atoms with Crippen LogP contribution in [0.2, 0.25) is 0 Å². The van der Waals surface area contributed by atoms with Crippen molar-refractivity contribution in [1.82, 2.24) is 19.2 Å². The van der Waals surface area contributed by atoms with Crippen molar-refractivity contribution in [2.75, 3.05) is 10.6 Å². The lowest BCUT2D eigenvalue weighted by atomic mass is 10.2. The normalized spacial score (nSPS) is 11.0. The highest BCUT2D eigenvalue weighted by Crippen LogP contribution is 2.19. The van der Waals surface area contributed by atoms with Crippen LogP contribution in [0.3, 0.4) is 0 Å². The number of carbonyl (C=O) groups excluding carboxylic acids is 1. The van der Waals surface area contributed by atoms with E-state index in [1.165, 1.54) is 34.7 Å². The summed E-state index contributed by atoms with van der Waals surface area (Å²) >= 11 is 0. The molecule has 0 aliphatic heterocycles. The number of aryl methyl sites for hydroxylation is 2. The zero-order chi connectivity index (χ0) is 22.1. The molecule has 0 spiro atoms. The number of aromatic nitrogens is 4. The highest BCUT2D eigenvalue weighted by molar-refractivity contribution is 5.90. The molecular formula is C21H18F2N6O2. The number of rotatable bonds is 5. The molecule has 0 radical (unpaired) electrons. The standard InChI is InChI=1S/C21H18F2N6O2/c1-12-9-14(7-8-15(12)22)25-20-24-13(2)10-18-27-28(21(31)29(18)20)11-19(30)26-17-6-4-3-5-16(17)23/h3-10H,11H2,1-2H3,(H,24,25)(H,26,30). The maximum atomic E-state index is 13.8. The van der Waals surface area contributed by atoms with E-state index in [1.807, 2.05) is 0 Å². The van der Waals surface area contributed by atoms with Crippen molar-refractivity contribution in [3.63, 3.8) is 0 Å². The molecule has 4 aromatic rings. The van der Waals surface area contributed by atoms with Gasteiger partial charge < -0.3 is 10.6 Å². The molecule has 2 N–H and O–H groups in total. The van der Waals surface area contributed by atoms with Crippen LogP contribution in [0.15, 0.2) is 53.3 Å². The van der Waals surface area contributed by atoms with Gasteiger partial charge in [0.05, 0.1) is 5.69 Å². The number of nitrogens with one attached hydrogen (secondary N) is 2. The minimum absolute atomic E-state index is 0.0101. The van der Waals surface area contributed by atoms with E-state index in [0.717, 1.165) is 4.68 Å². The van der Waals surface area contributed by atoms with Crippen LogP contribution in [0, 0.1) is 25.5 Å². The topological polar surface area (TPSA) is 93.3 Å². The van der Waals surface area contributed by atoms with Gasteiger partial charge in [-0.05, 0) is 49.7 Å². The molecule has 0 saturated carbocycles. The number of hydrogen-bond acceptors (Lipinski definition) is 5. The number of benzene rings is 2. The summed E-state index contributed by atoms with van der Waals surface area (Å²) < 4.78 is 29.5. The molecule has 4 rings (SSSR count). The third-order valence-electron chi connectivity index (χ3n) is 4.55. The maximum Gasteiger partial charge on any atom is 0.353 e.